The first-order chi connectivity index (χ1) is 9.77. The summed E-state index contributed by atoms with van der Waals surface area (Å²) in [4.78, 5) is 6.93. The molecule has 112 valence electrons. The van der Waals surface area contributed by atoms with Crippen LogP contribution in [-0.2, 0) is 6.42 Å². The molecular formula is C17H29N3. The maximum absolute atomic E-state index is 6.17. The van der Waals surface area contributed by atoms with E-state index in [-0.39, 0.29) is 5.54 Å². The van der Waals surface area contributed by atoms with E-state index in [4.69, 9.17) is 5.73 Å². The molecule has 0 atom stereocenters. The monoisotopic (exact) mass is 275 g/mol. The van der Waals surface area contributed by atoms with Crippen molar-refractivity contribution >= 4 is 0 Å². The third-order valence-electron chi connectivity index (χ3n) is 4.90. The molecule has 0 spiro atoms. The highest BCUT2D eigenvalue weighted by Crippen LogP contribution is 2.30. The molecule has 1 aliphatic rings. The van der Waals surface area contributed by atoms with Crippen LogP contribution in [0.25, 0.3) is 0 Å². The summed E-state index contributed by atoms with van der Waals surface area (Å²) in [6.45, 7) is 1.83. The summed E-state index contributed by atoms with van der Waals surface area (Å²) in [7, 11) is 2.25. The molecule has 1 fully saturated rings. The average Bonchev–Trinajstić information content (AvgIpc) is 2.46. The molecular weight excluding hydrogens is 246 g/mol. The van der Waals surface area contributed by atoms with Gasteiger partial charge in [-0.05, 0) is 32.0 Å². The Morgan fingerprint density at radius 3 is 2.45 bits per heavy atom. The topological polar surface area (TPSA) is 42.2 Å². The van der Waals surface area contributed by atoms with Gasteiger partial charge in [0, 0.05) is 36.9 Å². The zero-order valence-corrected chi connectivity index (χ0v) is 12.9. The standard InChI is InChI=1S/C17H29N3/c1-20(14-10-16-9-5-8-13-19-16)17(15-18)11-6-3-2-4-7-12-17/h5,8-9,13H,2-4,6-7,10-12,14-15,18H2,1H3. The predicted molar refractivity (Wildman–Crippen MR) is 84.7 cm³/mol. The smallest absolute Gasteiger partial charge is 0.0416 e. The van der Waals surface area contributed by atoms with Gasteiger partial charge in [-0.3, -0.25) is 9.88 Å². The summed E-state index contributed by atoms with van der Waals surface area (Å²) in [5.41, 5.74) is 7.57. The molecule has 0 aliphatic heterocycles. The van der Waals surface area contributed by atoms with Gasteiger partial charge in [-0.2, -0.15) is 0 Å². The van der Waals surface area contributed by atoms with Crippen LogP contribution in [0.4, 0.5) is 0 Å². The molecule has 1 aromatic rings. The summed E-state index contributed by atoms with van der Waals surface area (Å²) in [6.07, 6.45) is 12.2. The van der Waals surface area contributed by atoms with Crippen molar-refractivity contribution in [2.75, 3.05) is 20.1 Å². The molecule has 0 amide bonds. The number of nitrogens with zero attached hydrogens (tertiary/aromatic N) is 2. The van der Waals surface area contributed by atoms with Crippen LogP contribution in [0.5, 0.6) is 0 Å². The van der Waals surface area contributed by atoms with Gasteiger partial charge in [0.1, 0.15) is 0 Å². The molecule has 2 rings (SSSR count). The number of rotatable bonds is 5. The fourth-order valence-electron chi connectivity index (χ4n) is 3.37. The van der Waals surface area contributed by atoms with Gasteiger partial charge in [0.25, 0.3) is 0 Å². The number of pyridine rings is 1. The molecule has 0 unspecified atom stereocenters. The van der Waals surface area contributed by atoms with E-state index in [1.54, 1.807) is 0 Å². The van der Waals surface area contributed by atoms with Crippen molar-refractivity contribution in [2.24, 2.45) is 5.73 Å². The van der Waals surface area contributed by atoms with Crippen molar-refractivity contribution in [3.05, 3.63) is 30.1 Å². The van der Waals surface area contributed by atoms with E-state index >= 15 is 0 Å². The van der Waals surface area contributed by atoms with E-state index in [1.807, 2.05) is 12.3 Å². The second-order valence-corrected chi connectivity index (χ2v) is 6.19. The third kappa shape index (κ3) is 4.03. The van der Waals surface area contributed by atoms with E-state index in [1.165, 1.54) is 50.6 Å². The molecule has 20 heavy (non-hydrogen) atoms. The van der Waals surface area contributed by atoms with Gasteiger partial charge in [-0.15, -0.1) is 0 Å². The maximum atomic E-state index is 6.17. The first-order valence-corrected chi connectivity index (χ1v) is 8.08. The highest BCUT2D eigenvalue weighted by molar-refractivity contribution is 5.04. The van der Waals surface area contributed by atoms with Crippen LogP contribution in [-0.4, -0.2) is 35.6 Å². The van der Waals surface area contributed by atoms with Gasteiger partial charge >= 0.3 is 0 Å². The van der Waals surface area contributed by atoms with Crippen molar-refractivity contribution in [1.82, 2.24) is 9.88 Å². The molecule has 0 aromatic carbocycles. The summed E-state index contributed by atoms with van der Waals surface area (Å²) in [6, 6.07) is 6.15. The fourth-order valence-corrected chi connectivity index (χ4v) is 3.37. The van der Waals surface area contributed by atoms with E-state index in [0.717, 1.165) is 19.5 Å². The molecule has 0 saturated heterocycles. The van der Waals surface area contributed by atoms with Crippen molar-refractivity contribution in [1.29, 1.82) is 0 Å². The molecule has 3 heteroatoms. The van der Waals surface area contributed by atoms with Gasteiger partial charge in [0.15, 0.2) is 0 Å². The number of likely N-dealkylation sites (N-methyl/N-ethyl adjacent to an activating group) is 1. The zero-order valence-electron chi connectivity index (χ0n) is 12.9. The van der Waals surface area contributed by atoms with Gasteiger partial charge in [-0.1, -0.05) is 38.2 Å². The largest absolute Gasteiger partial charge is 0.329 e. The first-order valence-electron chi connectivity index (χ1n) is 8.08. The Bertz CT molecular complexity index is 369. The second-order valence-electron chi connectivity index (χ2n) is 6.19. The number of hydrogen-bond acceptors (Lipinski definition) is 3. The van der Waals surface area contributed by atoms with Crippen molar-refractivity contribution in [2.45, 2.75) is 56.9 Å². The van der Waals surface area contributed by atoms with Gasteiger partial charge in [0.2, 0.25) is 0 Å². The Kier molecular flexibility index (Phi) is 5.99. The highest BCUT2D eigenvalue weighted by Gasteiger charge is 2.32. The lowest BCUT2D eigenvalue weighted by molar-refractivity contribution is 0.0946. The number of aromatic nitrogens is 1. The molecule has 2 N–H and O–H groups in total. The molecule has 0 radical (unpaired) electrons. The minimum atomic E-state index is 0.217. The Hall–Kier alpha value is -0.930. The van der Waals surface area contributed by atoms with Crippen LogP contribution in [0.15, 0.2) is 24.4 Å². The van der Waals surface area contributed by atoms with Crippen LogP contribution in [0.2, 0.25) is 0 Å². The highest BCUT2D eigenvalue weighted by atomic mass is 15.2. The minimum absolute atomic E-state index is 0.217. The van der Waals surface area contributed by atoms with E-state index < -0.39 is 0 Å². The lowest BCUT2D eigenvalue weighted by atomic mass is 9.82. The van der Waals surface area contributed by atoms with Crippen LogP contribution >= 0.6 is 0 Å². The van der Waals surface area contributed by atoms with E-state index in [0.29, 0.717) is 0 Å². The predicted octanol–water partition coefficient (Wildman–Crippen LogP) is 3.00. The van der Waals surface area contributed by atoms with Crippen LogP contribution in [0.3, 0.4) is 0 Å². The van der Waals surface area contributed by atoms with E-state index in [9.17, 15) is 0 Å². The normalized spacial score (nSPS) is 19.6. The molecule has 3 nitrogen and oxygen atoms in total. The third-order valence-corrected chi connectivity index (χ3v) is 4.90. The lowest BCUT2D eigenvalue weighted by Crippen LogP contribution is -2.53. The summed E-state index contributed by atoms with van der Waals surface area (Å²) >= 11 is 0. The maximum Gasteiger partial charge on any atom is 0.0416 e. The van der Waals surface area contributed by atoms with Crippen LogP contribution < -0.4 is 5.73 Å². The molecule has 1 heterocycles. The van der Waals surface area contributed by atoms with Gasteiger partial charge in [0.05, 0.1) is 0 Å². The molecule has 0 bridgehead atoms. The first kappa shape index (κ1) is 15.5. The number of hydrogen-bond donors (Lipinski definition) is 1. The summed E-state index contributed by atoms with van der Waals surface area (Å²) in [5, 5.41) is 0. The minimum Gasteiger partial charge on any atom is -0.329 e. The van der Waals surface area contributed by atoms with E-state index in [2.05, 4.69) is 29.1 Å². The average molecular weight is 275 g/mol. The van der Waals surface area contributed by atoms with Crippen LogP contribution in [0, 0.1) is 0 Å². The molecule has 1 aromatic heterocycles. The van der Waals surface area contributed by atoms with Crippen molar-refractivity contribution in [3.8, 4) is 0 Å². The Morgan fingerprint density at radius 1 is 1.15 bits per heavy atom. The molecule has 1 aliphatic carbocycles. The van der Waals surface area contributed by atoms with Crippen LogP contribution in [0.1, 0.15) is 50.6 Å². The summed E-state index contributed by atoms with van der Waals surface area (Å²) in [5.74, 6) is 0. The molecule has 1 saturated carbocycles. The Labute approximate surface area is 123 Å². The quantitative estimate of drug-likeness (QED) is 0.898. The Morgan fingerprint density at radius 2 is 1.85 bits per heavy atom. The summed E-state index contributed by atoms with van der Waals surface area (Å²) < 4.78 is 0. The van der Waals surface area contributed by atoms with Crippen molar-refractivity contribution < 1.29 is 0 Å². The second kappa shape index (κ2) is 7.75. The lowest BCUT2D eigenvalue weighted by Gasteiger charge is -2.42. The number of nitrogens with two attached hydrogens (primary N) is 1. The van der Waals surface area contributed by atoms with Crippen molar-refractivity contribution in [3.63, 3.8) is 0 Å². The SMILES string of the molecule is CN(CCc1ccccn1)C1(CN)CCCCCCC1. The van der Waals surface area contributed by atoms with Gasteiger partial charge < -0.3 is 5.73 Å². The fraction of sp³-hybridized carbons (Fsp3) is 0.706. The Balaban J connectivity index is 1.94. The zero-order chi connectivity index (χ0) is 14.3. The van der Waals surface area contributed by atoms with Gasteiger partial charge in [-0.25, -0.2) is 0 Å².